The van der Waals surface area contributed by atoms with Crippen LogP contribution in [0.25, 0.3) is 10.9 Å². The number of H-pyrrole nitrogens is 1. The Bertz CT molecular complexity index is 2560. The maximum atomic E-state index is 14.7. The molecule has 4 aromatic rings. The summed E-state index contributed by atoms with van der Waals surface area (Å²) >= 11 is 0. The van der Waals surface area contributed by atoms with Crippen LogP contribution in [-0.4, -0.2) is 140 Å². The van der Waals surface area contributed by atoms with Crippen LogP contribution in [0.15, 0.2) is 85.1 Å². The van der Waals surface area contributed by atoms with Gasteiger partial charge in [0, 0.05) is 54.8 Å². The number of carbonyl (C=O) groups excluding carboxylic acids is 7. The lowest BCUT2D eigenvalue weighted by molar-refractivity contribution is -0.143. The number of aromatic hydroxyl groups is 1. The molecule has 24 heteroatoms. The lowest BCUT2D eigenvalue weighted by Crippen LogP contribution is -2.61. The molecule has 0 aliphatic carbocycles. The van der Waals surface area contributed by atoms with Crippen molar-refractivity contribution >= 4 is 85.8 Å². The number of hydrogen-bond donors (Lipinski definition) is 13. The van der Waals surface area contributed by atoms with E-state index in [1.54, 1.807) is 50.4 Å². The Morgan fingerprint density at radius 2 is 1.20 bits per heavy atom. The highest BCUT2D eigenvalue weighted by Gasteiger charge is 2.36. The van der Waals surface area contributed by atoms with E-state index in [1.165, 1.54) is 31.2 Å². The third-order valence-electron chi connectivity index (χ3n) is 11.4. The average Bonchev–Trinajstić information content (AvgIpc) is 3.76. The zero-order chi connectivity index (χ0) is 54.5. The molecular weight excluding hydrogens is 997 g/mol. The molecule has 0 saturated carbocycles. The van der Waals surface area contributed by atoms with Crippen LogP contribution in [0, 0.1) is 5.92 Å². The van der Waals surface area contributed by atoms with Crippen molar-refractivity contribution < 1.29 is 58.5 Å². The molecule has 7 amide bonds. The normalized spacial score (nSPS) is 21.2. The molecule has 0 bridgehead atoms. The number of carboxylic acids is 2. The highest BCUT2D eigenvalue weighted by Crippen LogP contribution is 2.25. The van der Waals surface area contributed by atoms with Gasteiger partial charge in [0.2, 0.25) is 41.4 Å². The van der Waals surface area contributed by atoms with Crippen molar-refractivity contribution in [2.75, 3.05) is 18.1 Å². The fourth-order valence-electron chi connectivity index (χ4n) is 7.49. The van der Waals surface area contributed by atoms with Gasteiger partial charge in [-0.05, 0) is 67.1 Å². The lowest BCUT2D eigenvalue weighted by atomic mass is 10.0. The number of carboxylic acid groups (broad SMARTS) is 2. The first-order valence-electron chi connectivity index (χ1n) is 23.8. The number of benzene rings is 3. The molecule has 400 valence electrons. The van der Waals surface area contributed by atoms with Gasteiger partial charge in [-0.2, -0.15) is 0 Å². The number of fused-ring (bicyclic) bond motifs is 1. The second kappa shape index (κ2) is 29.5. The topological polar surface area (TPSA) is 366 Å². The molecule has 8 unspecified atom stereocenters. The predicted molar refractivity (Wildman–Crippen MR) is 280 cm³/mol. The summed E-state index contributed by atoms with van der Waals surface area (Å²) in [6.07, 6.45) is 1.68. The molecule has 0 spiro atoms. The number of hydrogen-bond acceptors (Lipinski definition) is 14. The molecule has 1 fully saturated rings. The SMILES string of the molecule is CC(=O)O.CC(N)C(=O)NC1CSSCC(C(=O)NC(C(=O)O)C(C)C)NC(=O)C(Cc2ccc(O)cc2)NC(=O)C(CCCN)NC(=O)C(Cc2c[nH]c3ccccc23)NC(=O)C(Cc2ccccc2)NC1=O. The van der Waals surface area contributed by atoms with Gasteiger partial charge in [0.05, 0.1) is 6.04 Å². The maximum Gasteiger partial charge on any atom is 0.326 e. The number of aromatic amines is 1. The molecule has 2 heterocycles. The first-order chi connectivity index (χ1) is 35.2. The van der Waals surface area contributed by atoms with Crippen LogP contribution in [-0.2, 0) is 62.4 Å². The quantitative estimate of drug-likeness (QED) is 0.0726. The second-order valence-electron chi connectivity index (χ2n) is 17.9. The number of para-hydroxylation sites is 1. The Hall–Kier alpha value is -7.15. The van der Waals surface area contributed by atoms with E-state index in [2.05, 4.69) is 42.2 Å². The van der Waals surface area contributed by atoms with E-state index in [0.29, 0.717) is 16.7 Å². The Labute approximate surface area is 435 Å². The van der Waals surface area contributed by atoms with Gasteiger partial charge in [-0.3, -0.25) is 38.4 Å². The number of amides is 7. The van der Waals surface area contributed by atoms with E-state index >= 15 is 0 Å². The third kappa shape index (κ3) is 19.0. The highest BCUT2D eigenvalue weighted by atomic mass is 33.1. The summed E-state index contributed by atoms with van der Waals surface area (Å²) < 4.78 is 0. The van der Waals surface area contributed by atoms with Crippen molar-refractivity contribution in [2.45, 2.75) is 108 Å². The number of carbonyl (C=O) groups is 9. The molecule has 74 heavy (non-hydrogen) atoms. The molecular formula is C50H66N10O12S2. The van der Waals surface area contributed by atoms with E-state index in [4.69, 9.17) is 21.4 Å². The van der Waals surface area contributed by atoms with Gasteiger partial charge in [-0.15, -0.1) is 0 Å². The van der Waals surface area contributed by atoms with Crippen LogP contribution >= 0.6 is 21.6 Å². The summed E-state index contributed by atoms with van der Waals surface area (Å²) in [6.45, 7) is 5.83. The monoisotopic (exact) mass is 1060 g/mol. The number of nitrogens with one attached hydrogen (secondary N) is 8. The number of phenols is 1. The minimum Gasteiger partial charge on any atom is -0.508 e. The van der Waals surface area contributed by atoms with Crippen LogP contribution in [0.2, 0.25) is 0 Å². The number of phenolic OH excluding ortho intramolecular Hbond substituents is 1. The van der Waals surface area contributed by atoms with Crippen LogP contribution < -0.4 is 48.7 Å². The predicted octanol–water partition coefficient (Wildman–Crippen LogP) is 0.608. The van der Waals surface area contributed by atoms with Gasteiger partial charge in [0.25, 0.3) is 5.97 Å². The molecule has 1 aliphatic heterocycles. The Morgan fingerprint density at radius 1 is 0.689 bits per heavy atom. The second-order valence-corrected chi connectivity index (χ2v) is 20.4. The zero-order valence-electron chi connectivity index (χ0n) is 41.4. The zero-order valence-corrected chi connectivity index (χ0v) is 43.1. The third-order valence-corrected chi connectivity index (χ3v) is 13.9. The van der Waals surface area contributed by atoms with Crippen LogP contribution in [0.5, 0.6) is 5.75 Å². The smallest absolute Gasteiger partial charge is 0.326 e. The molecule has 22 nitrogen and oxygen atoms in total. The van der Waals surface area contributed by atoms with Crippen LogP contribution in [0.3, 0.4) is 0 Å². The Kier molecular flexibility index (Phi) is 23.7. The van der Waals surface area contributed by atoms with Gasteiger partial charge < -0.3 is 69.0 Å². The lowest BCUT2D eigenvalue weighted by Gasteiger charge is -2.29. The van der Waals surface area contributed by atoms with Crippen molar-refractivity contribution in [3.05, 3.63) is 102 Å². The Morgan fingerprint density at radius 3 is 1.78 bits per heavy atom. The summed E-state index contributed by atoms with van der Waals surface area (Å²) in [6, 6.07) is 11.6. The summed E-state index contributed by atoms with van der Waals surface area (Å²) in [4.78, 5) is 124. The van der Waals surface area contributed by atoms with Gasteiger partial charge in [-0.1, -0.05) is 96.1 Å². The number of nitrogens with two attached hydrogens (primary N) is 2. The highest BCUT2D eigenvalue weighted by molar-refractivity contribution is 8.76. The van der Waals surface area contributed by atoms with Crippen molar-refractivity contribution in [2.24, 2.45) is 17.4 Å². The molecule has 8 atom stereocenters. The van der Waals surface area contributed by atoms with E-state index in [1.807, 2.05) is 24.3 Å². The fourth-order valence-corrected chi connectivity index (χ4v) is 9.81. The van der Waals surface area contributed by atoms with Crippen LogP contribution in [0.1, 0.15) is 57.2 Å². The Balaban J connectivity index is 0.00000286. The fraction of sp³-hybridized carbons (Fsp3) is 0.420. The molecule has 1 aromatic heterocycles. The summed E-state index contributed by atoms with van der Waals surface area (Å²) in [5.41, 5.74) is 14.4. The molecule has 1 saturated heterocycles. The minimum atomic E-state index is -1.42. The molecule has 1 aliphatic rings. The van der Waals surface area contributed by atoms with Crippen molar-refractivity contribution in [1.82, 2.24) is 42.2 Å². The summed E-state index contributed by atoms with van der Waals surface area (Å²) in [7, 11) is 2.06. The molecule has 5 rings (SSSR count). The summed E-state index contributed by atoms with van der Waals surface area (Å²) in [5, 5.41) is 47.0. The number of aromatic nitrogens is 1. The van der Waals surface area contributed by atoms with Crippen molar-refractivity contribution in [1.29, 1.82) is 0 Å². The standard InChI is InChI=1S/C48H62N10O10S2.C2H4O2/c1-26(2)40(48(67)68)58-47(66)39-25-70-69-24-38(56-41(60)27(3)50)46(65)54-35(20-28-10-5-4-6-11-28)43(62)55-37(22-30-23-51-33-13-8-7-12-32(30)33)45(64)52-34(14-9-19-49)42(61)53-36(44(63)57-39)21-29-15-17-31(59)18-16-29;1-2(3)4/h4-8,10-13,15-18,23,26-27,34-40,51,59H,9,14,19-22,24-25,49-50H2,1-3H3,(H,52,64)(H,53,61)(H,54,65)(H,55,62)(H,56,60)(H,57,63)(H,58,66)(H,67,68);1H3,(H,3,4). The largest absolute Gasteiger partial charge is 0.508 e. The first-order valence-corrected chi connectivity index (χ1v) is 26.3. The van der Waals surface area contributed by atoms with E-state index in [0.717, 1.165) is 39.4 Å². The first kappa shape index (κ1) is 59.4. The molecule has 15 N–H and O–H groups in total. The van der Waals surface area contributed by atoms with Crippen LogP contribution in [0.4, 0.5) is 0 Å². The average molecular weight is 1060 g/mol. The number of aliphatic carboxylic acids is 2. The van der Waals surface area contributed by atoms with Gasteiger partial charge >= 0.3 is 5.97 Å². The van der Waals surface area contributed by atoms with Gasteiger partial charge in [0.15, 0.2) is 0 Å². The van der Waals surface area contributed by atoms with E-state index in [-0.39, 0.29) is 55.9 Å². The van der Waals surface area contributed by atoms with Gasteiger partial charge in [0.1, 0.15) is 48.0 Å². The van der Waals surface area contributed by atoms with E-state index in [9.17, 15) is 48.6 Å². The summed E-state index contributed by atoms with van der Waals surface area (Å²) in [5.74, 6) is -8.59. The van der Waals surface area contributed by atoms with Crippen molar-refractivity contribution in [3.63, 3.8) is 0 Å². The molecule has 0 radical (unpaired) electrons. The van der Waals surface area contributed by atoms with Crippen molar-refractivity contribution in [3.8, 4) is 5.75 Å². The number of rotatable bonds is 15. The molecule has 3 aromatic carbocycles. The van der Waals surface area contributed by atoms with Gasteiger partial charge in [-0.25, -0.2) is 4.79 Å². The van der Waals surface area contributed by atoms with E-state index < -0.39 is 108 Å². The maximum absolute atomic E-state index is 14.7. The minimum absolute atomic E-state index is 0.00125.